The highest BCUT2D eigenvalue weighted by Gasteiger charge is 2.49. The highest BCUT2D eigenvalue weighted by Crippen LogP contribution is 2.59. The Morgan fingerprint density at radius 3 is 0.637 bits per heavy atom. The number of fused-ring (bicyclic) bond motifs is 2. The summed E-state index contributed by atoms with van der Waals surface area (Å²) in [5.74, 6) is 0. The average Bonchev–Trinajstić information content (AvgIpc) is 0.772. The molecule has 0 heterocycles. The van der Waals surface area contributed by atoms with Gasteiger partial charge in [0.05, 0.1) is 50.7 Å². The first-order valence-corrected chi connectivity index (χ1v) is 28.4. The van der Waals surface area contributed by atoms with Crippen LogP contribution in [0.2, 0.25) is 0 Å². The minimum atomic E-state index is -6.13. The Bertz CT molecular complexity index is 3670. The minimum absolute atomic E-state index is 0.691. The van der Waals surface area contributed by atoms with Crippen LogP contribution in [0.1, 0.15) is 50.1 Å². The second kappa shape index (κ2) is 24.0. The van der Waals surface area contributed by atoms with E-state index in [9.17, 15) is 105 Å². The fourth-order valence-corrected chi connectivity index (χ4v) is 15.7. The Balaban J connectivity index is 0.000000242. The third-order valence-corrected chi connectivity index (χ3v) is 19.6. The van der Waals surface area contributed by atoms with Crippen molar-refractivity contribution in [3.8, 4) is 0 Å². The average molecular weight is 1320 g/mol. The zero-order valence-corrected chi connectivity index (χ0v) is 46.5. The Hall–Kier alpha value is -8.47. The van der Waals surface area contributed by atoms with Crippen LogP contribution in [-0.2, 0) is 55.6 Å². The molecule has 10 aromatic carbocycles. The largest absolute Gasteiger partial charge is 0.416 e. The molecule has 10 aromatic rings. The molecule has 0 atom stereocenters. The molecule has 0 fully saturated rings. The molecular formula is C65H38BF24P. The summed E-state index contributed by atoms with van der Waals surface area (Å²) in [5.41, 5.74) is -28.8. The number of halogens is 24. The van der Waals surface area contributed by atoms with Crippen LogP contribution in [0.25, 0.3) is 21.5 Å². The molecule has 0 aliphatic heterocycles. The van der Waals surface area contributed by atoms with E-state index in [1.165, 1.54) is 43.0 Å². The monoisotopic (exact) mass is 1320 g/mol. The van der Waals surface area contributed by atoms with Gasteiger partial charge in [0, 0.05) is 5.56 Å². The number of alkyl halides is 24. The van der Waals surface area contributed by atoms with E-state index in [-0.39, 0.29) is 0 Å². The van der Waals surface area contributed by atoms with Crippen molar-refractivity contribution >= 4 is 72.7 Å². The summed E-state index contributed by atoms with van der Waals surface area (Å²) in [5, 5.41) is 9.59. The Morgan fingerprint density at radius 1 is 0.231 bits per heavy atom. The first kappa shape index (κ1) is 66.9. The second-order valence-electron chi connectivity index (χ2n) is 21.0. The van der Waals surface area contributed by atoms with E-state index in [0.29, 0.717) is 0 Å². The topological polar surface area (TPSA) is 0 Å². The third kappa shape index (κ3) is 13.9. The van der Waals surface area contributed by atoms with E-state index in [1.807, 2.05) is 0 Å². The minimum Gasteiger partial charge on any atom is -0.194 e. The lowest BCUT2D eigenvalue weighted by Gasteiger charge is -2.46. The number of rotatable bonds is 9. The second-order valence-corrected chi connectivity index (χ2v) is 24.5. The maximum atomic E-state index is 14.2. The van der Waals surface area contributed by atoms with Gasteiger partial charge in [-0.25, -0.2) is 0 Å². The van der Waals surface area contributed by atoms with Gasteiger partial charge < -0.3 is 0 Å². The van der Waals surface area contributed by atoms with Crippen LogP contribution >= 0.6 is 7.26 Å². The zero-order chi connectivity index (χ0) is 66.7. The zero-order valence-electron chi connectivity index (χ0n) is 45.6. The molecule has 91 heavy (non-hydrogen) atoms. The van der Waals surface area contributed by atoms with Crippen molar-refractivity contribution in [1.82, 2.24) is 0 Å². The fourth-order valence-electron chi connectivity index (χ4n) is 11.4. The van der Waals surface area contributed by atoms with Gasteiger partial charge in [0.15, 0.2) is 0 Å². The SMILES string of the molecule is FC(F)(F)c1cc([B-](c2cc(C(F)(F)F)cc(C(F)(F)F)c2)(c2cc(C(F)(F)F)cc(C(F)(F)F)c2)c2cc(C(F)(F)F)cc(C(F)(F)F)c2)cc(C(F)(F)F)c1.c1ccc([P+](Cc2c3ccccc3cc3ccccc23)(c2ccccc2)c2ccccc2)cc1. The number of benzene rings is 10. The Kier molecular flexibility index (Phi) is 17.6. The van der Waals surface area contributed by atoms with E-state index in [0.717, 1.165) is 6.16 Å². The van der Waals surface area contributed by atoms with Crippen molar-refractivity contribution < 1.29 is 105 Å². The molecule has 0 bridgehead atoms. The van der Waals surface area contributed by atoms with Gasteiger partial charge in [0.25, 0.3) is 0 Å². The summed E-state index contributed by atoms with van der Waals surface area (Å²) in [4.78, 5) is 0. The maximum absolute atomic E-state index is 14.2. The molecule has 0 amide bonds. The number of hydrogen-bond acceptors (Lipinski definition) is 0. The first-order chi connectivity index (χ1) is 42.1. The summed E-state index contributed by atoms with van der Waals surface area (Å²) < 4.78 is 341. The molecule has 0 aliphatic rings. The van der Waals surface area contributed by atoms with Gasteiger partial charge in [0.2, 0.25) is 0 Å². The van der Waals surface area contributed by atoms with Crippen molar-refractivity contribution in [3.63, 3.8) is 0 Å². The van der Waals surface area contributed by atoms with Crippen LogP contribution in [0, 0.1) is 0 Å². The normalized spacial score (nSPS) is 13.3. The molecule has 0 unspecified atom stereocenters. The van der Waals surface area contributed by atoms with E-state index in [2.05, 4.69) is 146 Å². The molecule has 10 rings (SSSR count). The Labute approximate surface area is 500 Å². The van der Waals surface area contributed by atoms with Crippen LogP contribution in [0.15, 0.2) is 218 Å². The summed E-state index contributed by atoms with van der Waals surface area (Å²) in [7, 11) is -1.98. The van der Waals surface area contributed by atoms with Gasteiger partial charge >= 0.3 is 49.4 Å². The van der Waals surface area contributed by atoms with Crippen LogP contribution in [0.4, 0.5) is 105 Å². The predicted octanol–water partition coefficient (Wildman–Crippen LogP) is 18.7. The van der Waals surface area contributed by atoms with E-state index in [4.69, 9.17) is 0 Å². The smallest absolute Gasteiger partial charge is 0.194 e. The van der Waals surface area contributed by atoms with Gasteiger partial charge in [-0.3, -0.25) is 0 Å². The predicted molar refractivity (Wildman–Crippen MR) is 300 cm³/mol. The van der Waals surface area contributed by atoms with Crippen LogP contribution in [-0.4, -0.2) is 6.15 Å². The molecule has 0 N–H and O–H groups in total. The van der Waals surface area contributed by atoms with Crippen LogP contribution < -0.4 is 37.8 Å². The molecule has 0 nitrogen and oxygen atoms in total. The lowest BCUT2D eigenvalue weighted by molar-refractivity contribution is -0.144. The Morgan fingerprint density at radius 2 is 0.429 bits per heavy atom. The van der Waals surface area contributed by atoms with Crippen molar-refractivity contribution in [3.05, 3.63) is 268 Å². The quantitative estimate of drug-likeness (QED) is 0.0585. The first-order valence-electron chi connectivity index (χ1n) is 26.4. The molecular weight excluding hydrogens is 1280 g/mol. The van der Waals surface area contributed by atoms with Gasteiger partial charge in [-0.05, 0) is 88.3 Å². The summed E-state index contributed by atoms with van der Waals surface area (Å²) in [6.45, 7) is 0. The van der Waals surface area contributed by atoms with Crippen molar-refractivity contribution in [2.75, 3.05) is 0 Å². The van der Waals surface area contributed by atoms with Crippen LogP contribution in [0.3, 0.4) is 0 Å². The van der Waals surface area contributed by atoms with E-state index >= 15 is 0 Å². The van der Waals surface area contributed by atoms with Crippen molar-refractivity contribution in [2.24, 2.45) is 0 Å². The third-order valence-electron chi connectivity index (χ3n) is 15.3. The molecule has 0 saturated carbocycles. The van der Waals surface area contributed by atoms with Gasteiger partial charge in [-0.2, -0.15) is 127 Å². The maximum Gasteiger partial charge on any atom is 0.416 e. The molecule has 0 aromatic heterocycles. The molecule has 474 valence electrons. The molecule has 0 aliphatic carbocycles. The standard InChI is InChI=1S/C33H26P.C32H12BF24/c1-4-16-28(17-5-1)34(29-18-6-2-7-19-29,30-20-8-3-9-21-30)25-33-31-22-12-10-14-26(31)24-27-15-11-13-23-32(27)33;34-25(35,36)13-1-14(26(37,38)39)6-21(5-13)33(22-7-15(27(40,41)42)2-16(8-22)28(43,44)45,23-9-17(29(46,47)48)3-18(10-23)30(49,50)51)24-11-19(31(52,53)54)4-20(12-24)32(55,56)57/h1-24H,25H2;1-12H/q+1;-1. The summed E-state index contributed by atoms with van der Waals surface area (Å²) in [6.07, 6.45) is -53.8. The fraction of sp³-hybridized carbons (Fsp3) is 0.138. The van der Waals surface area contributed by atoms with E-state index < -0.39 is 202 Å². The molecule has 0 saturated heterocycles. The van der Waals surface area contributed by atoms with Gasteiger partial charge in [-0.15, -0.1) is 0 Å². The molecule has 0 spiro atoms. The van der Waals surface area contributed by atoms with Crippen molar-refractivity contribution in [2.45, 2.75) is 55.6 Å². The number of hydrogen-bond donors (Lipinski definition) is 0. The van der Waals surface area contributed by atoms with E-state index in [1.54, 1.807) is 0 Å². The molecule has 26 heteroatoms. The van der Waals surface area contributed by atoms with Crippen molar-refractivity contribution in [1.29, 1.82) is 0 Å². The van der Waals surface area contributed by atoms with Crippen LogP contribution in [0.5, 0.6) is 0 Å². The highest BCUT2D eigenvalue weighted by atomic mass is 31.2. The highest BCUT2D eigenvalue weighted by molar-refractivity contribution is 7.95. The van der Waals surface area contributed by atoms with Gasteiger partial charge in [-0.1, -0.05) is 152 Å². The lowest BCUT2D eigenvalue weighted by atomic mass is 9.12. The molecule has 0 radical (unpaired) electrons. The van der Waals surface area contributed by atoms with Gasteiger partial charge in [0.1, 0.15) is 29.3 Å². The lowest BCUT2D eigenvalue weighted by Crippen LogP contribution is -2.75. The summed E-state index contributed by atoms with van der Waals surface area (Å²) >= 11 is 0. The summed E-state index contributed by atoms with van der Waals surface area (Å²) in [6, 6.07) is 44.8.